The summed E-state index contributed by atoms with van der Waals surface area (Å²) in [4.78, 5) is 36.1. The number of carbonyl (C=O) groups is 3. The Morgan fingerprint density at radius 2 is 1.33 bits per heavy atom. The van der Waals surface area contributed by atoms with Crippen molar-refractivity contribution in [1.29, 1.82) is 0 Å². The van der Waals surface area contributed by atoms with E-state index in [0.29, 0.717) is 16.8 Å². The number of hydrogen-bond acceptors (Lipinski definition) is 4. The van der Waals surface area contributed by atoms with E-state index < -0.39 is 17.8 Å². The van der Waals surface area contributed by atoms with Crippen molar-refractivity contribution in [3.05, 3.63) is 65.2 Å². The first-order valence-electron chi connectivity index (χ1n) is 5.89. The van der Waals surface area contributed by atoms with Crippen molar-refractivity contribution in [1.82, 2.24) is 0 Å². The van der Waals surface area contributed by atoms with Gasteiger partial charge in [0.2, 0.25) is 0 Å². The largest absolute Gasteiger partial charge is 1.00 e. The first-order chi connectivity index (χ1) is 9.59. The fourth-order valence-electron chi connectivity index (χ4n) is 2.17. The Balaban J connectivity index is 0.00000161. The molecule has 1 aliphatic rings. The first kappa shape index (κ1) is 15.4. The quantitative estimate of drug-likeness (QED) is 0.467. The maximum absolute atomic E-state index is 12.2. The van der Waals surface area contributed by atoms with E-state index in [0.717, 1.165) is 4.90 Å². The third kappa shape index (κ3) is 2.51. The minimum atomic E-state index is -1.31. The molecule has 0 saturated heterocycles. The molecule has 0 N–H and O–H groups in total. The van der Waals surface area contributed by atoms with Crippen molar-refractivity contribution < 1.29 is 49.0 Å². The molecular weight excluding hydrogens is 281 g/mol. The van der Waals surface area contributed by atoms with Gasteiger partial charge in [-0.05, 0) is 29.8 Å². The van der Waals surface area contributed by atoms with Crippen LogP contribution in [-0.4, -0.2) is 17.8 Å². The van der Waals surface area contributed by atoms with E-state index in [1.807, 2.05) is 0 Å². The molecule has 5 nitrogen and oxygen atoms in total. The fourth-order valence-corrected chi connectivity index (χ4v) is 2.17. The molecule has 98 valence electrons. The monoisotopic (exact) mass is 289 g/mol. The second kappa shape index (κ2) is 5.81. The summed E-state index contributed by atoms with van der Waals surface area (Å²) >= 11 is 0. The van der Waals surface area contributed by atoms with E-state index in [4.69, 9.17) is 0 Å². The number of benzene rings is 2. The molecule has 2 aromatic carbocycles. The van der Waals surface area contributed by atoms with Crippen LogP contribution in [0, 0.1) is 0 Å². The van der Waals surface area contributed by atoms with Crippen molar-refractivity contribution in [3.63, 3.8) is 0 Å². The van der Waals surface area contributed by atoms with Gasteiger partial charge >= 0.3 is 29.6 Å². The molecule has 0 radical (unpaired) electrons. The van der Waals surface area contributed by atoms with Gasteiger partial charge in [0.1, 0.15) is 0 Å². The van der Waals surface area contributed by atoms with E-state index in [2.05, 4.69) is 0 Å². The van der Waals surface area contributed by atoms with Gasteiger partial charge in [-0.2, -0.15) is 0 Å². The smallest absolute Gasteiger partial charge is 0.545 e. The van der Waals surface area contributed by atoms with Crippen LogP contribution in [-0.2, 0) is 0 Å². The summed E-state index contributed by atoms with van der Waals surface area (Å²) in [6, 6.07) is 12.0. The molecular formula is C15H8NNaO4. The summed E-state index contributed by atoms with van der Waals surface area (Å²) in [6.07, 6.45) is 0. The summed E-state index contributed by atoms with van der Waals surface area (Å²) in [5, 5.41) is 10.7. The molecule has 6 heteroatoms. The van der Waals surface area contributed by atoms with Gasteiger partial charge in [0, 0.05) is 0 Å². The molecule has 0 unspecified atom stereocenters. The zero-order valence-electron chi connectivity index (χ0n) is 11.2. The summed E-state index contributed by atoms with van der Waals surface area (Å²) in [6.45, 7) is 0. The van der Waals surface area contributed by atoms with Crippen LogP contribution in [0.25, 0.3) is 0 Å². The number of carboxylic acids is 1. The van der Waals surface area contributed by atoms with E-state index in [1.54, 1.807) is 24.3 Å². The van der Waals surface area contributed by atoms with Crippen molar-refractivity contribution in [2.24, 2.45) is 0 Å². The van der Waals surface area contributed by atoms with Gasteiger partial charge in [-0.3, -0.25) is 9.59 Å². The molecule has 0 aromatic heterocycles. The first-order valence-corrected chi connectivity index (χ1v) is 5.89. The standard InChI is InChI=1S/C15H9NO4.Na/c17-13-11-3-1-2-4-12(11)14(18)16(13)10-7-5-9(6-8-10)15(19)20;/h1-8H,(H,19,20);/q;+1/p-1. The molecule has 0 saturated carbocycles. The number of fused-ring (bicyclic) bond motifs is 1. The van der Waals surface area contributed by atoms with E-state index in [9.17, 15) is 19.5 Å². The van der Waals surface area contributed by atoms with Crippen LogP contribution in [0.4, 0.5) is 5.69 Å². The molecule has 3 rings (SSSR count). The summed E-state index contributed by atoms with van der Waals surface area (Å²) < 4.78 is 0. The minimum Gasteiger partial charge on any atom is -0.545 e. The molecule has 21 heavy (non-hydrogen) atoms. The summed E-state index contributed by atoms with van der Waals surface area (Å²) in [5.41, 5.74) is 1.02. The molecule has 0 spiro atoms. The Labute approximate surface area is 142 Å². The average Bonchev–Trinajstić information content (AvgIpc) is 2.72. The van der Waals surface area contributed by atoms with Gasteiger partial charge < -0.3 is 9.90 Å². The Morgan fingerprint density at radius 1 is 0.857 bits per heavy atom. The molecule has 0 bridgehead atoms. The Bertz CT molecular complexity index is 705. The molecule has 2 aromatic rings. The maximum Gasteiger partial charge on any atom is 1.00 e. The molecule has 0 atom stereocenters. The van der Waals surface area contributed by atoms with Crippen molar-refractivity contribution >= 4 is 23.5 Å². The molecule has 2 amide bonds. The third-order valence-electron chi connectivity index (χ3n) is 3.16. The molecule has 1 aliphatic heterocycles. The number of carboxylic acid groups (broad SMARTS) is 1. The van der Waals surface area contributed by atoms with Gasteiger partial charge in [0.15, 0.2) is 0 Å². The van der Waals surface area contributed by atoms with Crippen LogP contribution in [0.15, 0.2) is 48.5 Å². The second-order valence-corrected chi connectivity index (χ2v) is 4.33. The predicted molar refractivity (Wildman–Crippen MR) is 68.4 cm³/mol. The third-order valence-corrected chi connectivity index (χ3v) is 3.16. The van der Waals surface area contributed by atoms with Crippen LogP contribution < -0.4 is 39.6 Å². The van der Waals surface area contributed by atoms with Crippen LogP contribution in [0.1, 0.15) is 31.1 Å². The minimum absolute atomic E-state index is 0. The number of aromatic carboxylic acids is 1. The Kier molecular flexibility index (Phi) is 4.27. The van der Waals surface area contributed by atoms with Gasteiger partial charge in [-0.15, -0.1) is 0 Å². The van der Waals surface area contributed by atoms with Gasteiger partial charge in [-0.25, -0.2) is 4.90 Å². The zero-order valence-corrected chi connectivity index (χ0v) is 13.2. The van der Waals surface area contributed by atoms with Crippen LogP contribution >= 0.6 is 0 Å². The molecule has 1 heterocycles. The SMILES string of the molecule is O=C([O-])c1ccc(N2C(=O)c3ccccc3C2=O)cc1.[Na+]. The maximum atomic E-state index is 12.2. The van der Waals surface area contributed by atoms with E-state index in [1.165, 1.54) is 24.3 Å². The summed E-state index contributed by atoms with van der Waals surface area (Å²) in [7, 11) is 0. The number of anilines is 1. The van der Waals surface area contributed by atoms with Gasteiger partial charge in [0.05, 0.1) is 22.8 Å². The Morgan fingerprint density at radius 3 is 1.76 bits per heavy atom. The normalized spacial score (nSPS) is 12.9. The number of amides is 2. The van der Waals surface area contributed by atoms with Crippen molar-refractivity contribution in [2.75, 3.05) is 4.90 Å². The number of imide groups is 1. The fraction of sp³-hybridized carbons (Fsp3) is 0. The van der Waals surface area contributed by atoms with E-state index in [-0.39, 0.29) is 35.1 Å². The Hall–Kier alpha value is -1.95. The van der Waals surface area contributed by atoms with Gasteiger partial charge in [-0.1, -0.05) is 24.3 Å². The number of rotatable bonds is 2. The van der Waals surface area contributed by atoms with Crippen LogP contribution in [0.2, 0.25) is 0 Å². The van der Waals surface area contributed by atoms with Crippen molar-refractivity contribution in [2.45, 2.75) is 0 Å². The zero-order chi connectivity index (χ0) is 14.3. The van der Waals surface area contributed by atoms with Gasteiger partial charge in [0.25, 0.3) is 11.8 Å². The average molecular weight is 289 g/mol. The van der Waals surface area contributed by atoms with Crippen LogP contribution in [0.5, 0.6) is 0 Å². The van der Waals surface area contributed by atoms with Crippen molar-refractivity contribution in [3.8, 4) is 0 Å². The number of nitrogens with zero attached hydrogens (tertiary/aromatic N) is 1. The molecule has 0 fully saturated rings. The predicted octanol–water partition coefficient (Wildman–Crippen LogP) is -2.15. The van der Waals surface area contributed by atoms with Crippen LogP contribution in [0.3, 0.4) is 0 Å². The number of carbonyl (C=O) groups excluding carboxylic acids is 3. The second-order valence-electron chi connectivity index (χ2n) is 4.33. The topological polar surface area (TPSA) is 77.5 Å². The molecule has 0 aliphatic carbocycles. The van der Waals surface area contributed by atoms with E-state index >= 15 is 0 Å². The summed E-state index contributed by atoms with van der Waals surface area (Å²) in [5.74, 6) is -2.13. The number of hydrogen-bond donors (Lipinski definition) is 0.